The molecule has 0 spiro atoms. The first kappa shape index (κ1) is 18.7. The van der Waals surface area contributed by atoms with Crippen LogP contribution in [0.4, 0.5) is 0 Å². The van der Waals surface area contributed by atoms with E-state index in [4.69, 9.17) is 14.6 Å². The third kappa shape index (κ3) is 4.67. The van der Waals surface area contributed by atoms with E-state index in [1.165, 1.54) is 13.0 Å². The first-order chi connectivity index (χ1) is 11.3. The first-order valence-corrected chi connectivity index (χ1v) is 7.81. The van der Waals surface area contributed by atoms with Crippen LogP contribution in [0.5, 0.6) is 0 Å². The van der Waals surface area contributed by atoms with Crippen LogP contribution >= 0.6 is 0 Å². The number of amides is 1. The van der Waals surface area contributed by atoms with E-state index in [-0.39, 0.29) is 0 Å². The molecule has 0 aromatic heterocycles. The van der Waals surface area contributed by atoms with E-state index in [2.05, 4.69) is 5.32 Å². The van der Waals surface area contributed by atoms with Crippen molar-refractivity contribution in [3.8, 4) is 0 Å². The van der Waals surface area contributed by atoms with E-state index in [1.807, 2.05) is 0 Å². The van der Waals surface area contributed by atoms with Crippen molar-refractivity contribution in [2.45, 2.75) is 50.2 Å². The third-order valence-electron chi connectivity index (χ3n) is 4.01. The number of aliphatic hydroxyl groups excluding tert-OH is 3. The number of carboxylic acid groups (broad SMARTS) is 1. The molecule has 1 amide bonds. The predicted molar refractivity (Wildman–Crippen MR) is 79.8 cm³/mol. The van der Waals surface area contributed by atoms with Crippen LogP contribution in [0.3, 0.4) is 0 Å². The Hall–Kier alpha value is -1.68. The van der Waals surface area contributed by atoms with Gasteiger partial charge in [-0.2, -0.15) is 0 Å². The maximum Gasteiger partial charge on any atom is 0.370 e. The molecule has 1 saturated carbocycles. The van der Waals surface area contributed by atoms with Crippen LogP contribution in [0, 0.1) is 5.92 Å². The second kappa shape index (κ2) is 7.93. The van der Waals surface area contributed by atoms with Gasteiger partial charge in [0.25, 0.3) is 0 Å². The second-order valence-electron chi connectivity index (χ2n) is 6.13. The normalized spacial score (nSPS) is 29.2. The van der Waals surface area contributed by atoms with Gasteiger partial charge in [-0.3, -0.25) is 4.79 Å². The Labute approximate surface area is 138 Å². The minimum Gasteiger partial charge on any atom is -0.478 e. The lowest BCUT2D eigenvalue weighted by molar-refractivity contribution is -0.151. The molecule has 9 nitrogen and oxygen atoms in total. The molecule has 0 aromatic rings. The van der Waals surface area contributed by atoms with Crippen molar-refractivity contribution in [2.24, 2.45) is 5.92 Å². The van der Waals surface area contributed by atoms with E-state index in [9.17, 15) is 24.9 Å². The van der Waals surface area contributed by atoms with Crippen molar-refractivity contribution in [1.29, 1.82) is 0 Å². The highest BCUT2D eigenvalue weighted by Crippen LogP contribution is 2.31. The summed E-state index contributed by atoms with van der Waals surface area (Å²) in [4.78, 5) is 22.7. The van der Waals surface area contributed by atoms with E-state index in [0.29, 0.717) is 12.5 Å². The molecule has 2 rings (SSSR count). The lowest BCUT2D eigenvalue weighted by atomic mass is 9.93. The first-order valence-electron chi connectivity index (χ1n) is 7.81. The predicted octanol–water partition coefficient (Wildman–Crippen LogP) is -1.63. The Balaban J connectivity index is 2.25. The third-order valence-corrected chi connectivity index (χ3v) is 4.01. The van der Waals surface area contributed by atoms with Crippen molar-refractivity contribution in [2.75, 3.05) is 13.2 Å². The highest BCUT2D eigenvalue weighted by atomic mass is 16.5. The number of carboxylic acids is 1. The number of ether oxygens (including phenoxy) is 2. The lowest BCUT2D eigenvalue weighted by Crippen LogP contribution is -2.60. The minimum atomic E-state index is -1.61. The molecule has 5 N–H and O–H groups in total. The van der Waals surface area contributed by atoms with Crippen LogP contribution in [0.25, 0.3) is 0 Å². The van der Waals surface area contributed by atoms with Gasteiger partial charge in [0.2, 0.25) is 11.7 Å². The van der Waals surface area contributed by atoms with Crippen LogP contribution in [0.1, 0.15) is 19.8 Å². The smallest absolute Gasteiger partial charge is 0.370 e. The molecule has 1 heterocycles. The topological polar surface area (TPSA) is 146 Å². The largest absolute Gasteiger partial charge is 0.478 e. The Morgan fingerprint density at radius 2 is 2.08 bits per heavy atom. The molecule has 0 aromatic carbocycles. The number of carbonyl (C=O) groups excluding carboxylic acids is 1. The fourth-order valence-electron chi connectivity index (χ4n) is 2.51. The average molecular weight is 345 g/mol. The summed E-state index contributed by atoms with van der Waals surface area (Å²) in [5, 5.41) is 40.6. The highest BCUT2D eigenvalue weighted by Gasteiger charge is 2.44. The Morgan fingerprint density at radius 3 is 2.58 bits per heavy atom. The molecule has 24 heavy (non-hydrogen) atoms. The number of hydrogen-bond donors (Lipinski definition) is 5. The summed E-state index contributed by atoms with van der Waals surface area (Å²) >= 11 is 0. The SMILES string of the molecule is CC(=O)N[C@H]1[C@H]([C@H](O)[C@H](O)CO)OC(C(=O)O)=C[C@@H]1OCC1CC1. The summed E-state index contributed by atoms with van der Waals surface area (Å²) in [6.07, 6.45) is -1.99. The zero-order valence-electron chi connectivity index (χ0n) is 13.3. The van der Waals surface area contributed by atoms with E-state index >= 15 is 0 Å². The number of hydrogen-bond acceptors (Lipinski definition) is 7. The van der Waals surface area contributed by atoms with Gasteiger partial charge in [0.1, 0.15) is 18.3 Å². The molecule has 1 fully saturated rings. The Kier molecular flexibility index (Phi) is 6.16. The summed E-state index contributed by atoms with van der Waals surface area (Å²) in [6, 6.07) is -0.902. The average Bonchev–Trinajstić information content (AvgIpc) is 3.35. The number of rotatable bonds is 8. The fourth-order valence-corrected chi connectivity index (χ4v) is 2.51. The van der Waals surface area contributed by atoms with E-state index < -0.39 is 54.7 Å². The van der Waals surface area contributed by atoms with Crippen LogP contribution < -0.4 is 5.32 Å². The van der Waals surface area contributed by atoms with Gasteiger partial charge in [-0.05, 0) is 24.8 Å². The molecule has 136 valence electrons. The monoisotopic (exact) mass is 345 g/mol. The van der Waals surface area contributed by atoms with Crippen molar-refractivity contribution in [1.82, 2.24) is 5.32 Å². The molecule has 0 unspecified atom stereocenters. The van der Waals surface area contributed by atoms with Crippen LogP contribution in [0.15, 0.2) is 11.8 Å². The molecule has 0 bridgehead atoms. The maximum atomic E-state index is 11.5. The van der Waals surface area contributed by atoms with Gasteiger partial charge in [0.05, 0.1) is 19.3 Å². The summed E-state index contributed by atoms with van der Waals surface area (Å²) in [5.74, 6) is -1.82. The lowest BCUT2D eigenvalue weighted by Gasteiger charge is -2.39. The van der Waals surface area contributed by atoms with Gasteiger partial charge in [0, 0.05) is 6.92 Å². The minimum absolute atomic E-state index is 0.398. The van der Waals surface area contributed by atoms with Crippen LogP contribution in [-0.2, 0) is 19.1 Å². The molecular weight excluding hydrogens is 322 g/mol. The van der Waals surface area contributed by atoms with Crippen molar-refractivity contribution in [3.05, 3.63) is 11.8 Å². The molecule has 0 radical (unpaired) electrons. The zero-order chi connectivity index (χ0) is 17.9. The molecule has 0 saturated heterocycles. The van der Waals surface area contributed by atoms with Gasteiger partial charge in [0.15, 0.2) is 6.10 Å². The number of aliphatic carboxylic acids is 1. The van der Waals surface area contributed by atoms with Crippen molar-refractivity contribution in [3.63, 3.8) is 0 Å². The quantitative estimate of drug-likeness (QED) is 0.352. The van der Waals surface area contributed by atoms with Gasteiger partial charge in [-0.1, -0.05) is 0 Å². The van der Waals surface area contributed by atoms with Crippen molar-refractivity contribution >= 4 is 11.9 Å². The van der Waals surface area contributed by atoms with E-state index in [1.54, 1.807) is 0 Å². The molecule has 2 aliphatic rings. The van der Waals surface area contributed by atoms with Crippen molar-refractivity contribution < 1.29 is 39.5 Å². The van der Waals surface area contributed by atoms with E-state index in [0.717, 1.165) is 12.8 Å². The zero-order valence-corrected chi connectivity index (χ0v) is 13.3. The molecule has 1 aliphatic heterocycles. The fraction of sp³-hybridized carbons (Fsp3) is 0.733. The highest BCUT2D eigenvalue weighted by molar-refractivity contribution is 5.84. The van der Waals surface area contributed by atoms with Gasteiger partial charge >= 0.3 is 5.97 Å². The maximum absolute atomic E-state index is 11.5. The van der Waals surface area contributed by atoms with Crippen LogP contribution in [0.2, 0.25) is 0 Å². The molecule has 9 heteroatoms. The summed E-state index contributed by atoms with van der Waals surface area (Å²) in [6.45, 7) is 0.920. The van der Waals surface area contributed by atoms with Gasteiger partial charge in [-0.15, -0.1) is 0 Å². The Bertz CT molecular complexity index is 504. The number of nitrogens with one attached hydrogen (secondary N) is 1. The molecule has 5 atom stereocenters. The van der Waals surface area contributed by atoms with Crippen LogP contribution in [-0.4, -0.2) is 76.0 Å². The second-order valence-corrected chi connectivity index (χ2v) is 6.13. The summed E-state index contributed by atoms with van der Waals surface area (Å²) in [5.41, 5.74) is 0. The summed E-state index contributed by atoms with van der Waals surface area (Å²) in [7, 11) is 0. The molecular formula is C15H23NO8. The molecule has 1 aliphatic carbocycles. The number of aliphatic hydroxyl groups is 3. The van der Waals surface area contributed by atoms with Gasteiger partial charge in [-0.25, -0.2) is 4.79 Å². The standard InChI is InChI=1S/C15H23NO8/c1-7(18)16-12-10(23-6-8-2-3-8)4-11(15(21)22)24-14(12)13(20)9(19)5-17/h4,8-10,12-14,17,19-20H,2-3,5-6H2,1H3,(H,16,18)(H,21,22)/t9-,10+,12-,13-,14-/m1/s1. The summed E-state index contributed by atoms with van der Waals surface area (Å²) < 4.78 is 10.9. The Morgan fingerprint density at radius 1 is 1.42 bits per heavy atom. The number of carbonyl (C=O) groups is 2. The van der Waals surface area contributed by atoms with Gasteiger partial charge < -0.3 is 35.2 Å².